The maximum atomic E-state index is 12.8. The van der Waals surface area contributed by atoms with Crippen LogP contribution in [-0.2, 0) is 33.8 Å². The molecule has 3 aromatic rings. The Morgan fingerprint density at radius 2 is 1.79 bits per heavy atom. The Hall–Kier alpha value is -3.88. The summed E-state index contributed by atoms with van der Waals surface area (Å²) in [7, 11) is 3.02. The third-order valence-corrected chi connectivity index (χ3v) is 5.95. The average molecular weight is 466 g/mol. The molecular weight excluding hydrogens is 438 g/mol. The van der Waals surface area contributed by atoms with Gasteiger partial charge >= 0.3 is 5.97 Å². The summed E-state index contributed by atoms with van der Waals surface area (Å²) in [5.41, 5.74) is 2.63. The van der Waals surface area contributed by atoms with Crippen molar-refractivity contribution in [3.8, 4) is 11.5 Å². The summed E-state index contributed by atoms with van der Waals surface area (Å²) >= 11 is 0. The van der Waals surface area contributed by atoms with Gasteiger partial charge in [0.1, 0.15) is 0 Å². The van der Waals surface area contributed by atoms with Crippen molar-refractivity contribution in [2.24, 2.45) is 0 Å². The van der Waals surface area contributed by atoms with E-state index in [1.165, 1.54) is 30.7 Å². The van der Waals surface area contributed by atoms with Gasteiger partial charge in [-0.15, -0.1) is 0 Å². The number of nitrogens with zero attached hydrogens (tertiary/aromatic N) is 3. The van der Waals surface area contributed by atoms with Crippen LogP contribution in [0.15, 0.2) is 47.5 Å². The summed E-state index contributed by atoms with van der Waals surface area (Å²) in [5, 5.41) is 0.399. The molecule has 178 valence electrons. The number of hydrogen-bond donors (Lipinski definition) is 0. The van der Waals surface area contributed by atoms with Gasteiger partial charge in [-0.3, -0.25) is 19.0 Å². The molecule has 0 bridgehead atoms. The normalized spacial score (nSPS) is 12.8. The van der Waals surface area contributed by atoms with Crippen molar-refractivity contribution in [1.29, 1.82) is 0 Å². The number of carbonyl (C=O) groups excluding carboxylic acids is 2. The molecule has 4 rings (SSSR count). The molecule has 0 fully saturated rings. The Balaban J connectivity index is 1.28. The third kappa shape index (κ3) is 5.03. The number of rotatable bonds is 8. The van der Waals surface area contributed by atoms with Crippen molar-refractivity contribution >= 4 is 22.8 Å². The van der Waals surface area contributed by atoms with Crippen molar-refractivity contribution in [1.82, 2.24) is 14.5 Å². The molecule has 34 heavy (non-hydrogen) atoms. The lowest BCUT2D eigenvalue weighted by Gasteiger charge is -2.28. The Morgan fingerprint density at radius 1 is 1.06 bits per heavy atom. The zero-order chi connectivity index (χ0) is 24.1. The number of hydrogen-bond acceptors (Lipinski definition) is 7. The highest BCUT2D eigenvalue weighted by Gasteiger charge is 2.21. The molecular formula is C25H27N3O6. The van der Waals surface area contributed by atoms with Crippen LogP contribution in [0.1, 0.15) is 24.0 Å². The first kappa shape index (κ1) is 23.3. The van der Waals surface area contributed by atoms with Crippen molar-refractivity contribution < 1.29 is 23.8 Å². The predicted octanol–water partition coefficient (Wildman–Crippen LogP) is 2.32. The number of carbonyl (C=O) groups is 2. The number of aromatic nitrogens is 2. The fraction of sp³-hybridized carbons (Fsp3) is 0.360. The van der Waals surface area contributed by atoms with Gasteiger partial charge in [-0.2, -0.15) is 0 Å². The van der Waals surface area contributed by atoms with Gasteiger partial charge in [0, 0.05) is 32.1 Å². The van der Waals surface area contributed by atoms with Crippen LogP contribution in [-0.4, -0.2) is 53.7 Å². The maximum absolute atomic E-state index is 12.8. The van der Waals surface area contributed by atoms with E-state index < -0.39 is 5.97 Å². The SMILES string of the molecule is COc1cc2ncn(CCCC(=O)OCC(=O)N3CCc4ccccc4C3)c(=O)c2cc1OC. The first-order valence-electron chi connectivity index (χ1n) is 11.1. The molecule has 1 aliphatic heterocycles. The quantitative estimate of drug-likeness (QED) is 0.471. The topological polar surface area (TPSA) is 100.0 Å². The molecule has 0 unspecified atom stereocenters. The maximum Gasteiger partial charge on any atom is 0.306 e. The second kappa shape index (κ2) is 10.4. The van der Waals surface area contributed by atoms with E-state index in [9.17, 15) is 14.4 Å². The highest BCUT2D eigenvalue weighted by Crippen LogP contribution is 2.29. The van der Waals surface area contributed by atoms with Crippen LogP contribution in [0.4, 0.5) is 0 Å². The Bertz CT molecular complexity index is 1270. The van der Waals surface area contributed by atoms with E-state index in [0.717, 1.165) is 12.0 Å². The van der Waals surface area contributed by atoms with Crippen molar-refractivity contribution in [3.63, 3.8) is 0 Å². The molecule has 2 aromatic carbocycles. The molecule has 9 nitrogen and oxygen atoms in total. The molecule has 2 heterocycles. The van der Waals surface area contributed by atoms with E-state index >= 15 is 0 Å². The number of ether oxygens (including phenoxy) is 3. The van der Waals surface area contributed by atoms with Gasteiger partial charge in [-0.05, 0) is 30.0 Å². The van der Waals surface area contributed by atoms with Gasteiger partial charge in [0.25, 0.3) is 11.5 Å². The summed E-state index contributed by atoms with van der Waals surface area (Å²) in [6.07, 6.45) is 2.71. The van der Waals surface area contributed by atoms with E-state index in [-0.39, 0.29) is 24.5 Å². The number of benzene rings is 2. The largest absolute Gasteiger partial charge is 0.493 e. The van der Waals surface area contributed by atoms with Gasteiger partial charge in [0.05, 0.1) is 31.4 Å². The smallest absolute Gasteiger partial charge is 0.306 e. The standard InChI is InChI=1S/C25H27N3O6/c1-32-21-12-19-20(13-22(21)33-2)26-16-28(25(19)31)10-5-8-24(30)34-15-23(29)27-11-9-17-6-3-4-7-18(17)14-27/h3-4,6-7,12-13,16H,5,8-11,14-15H2,1-2H3. The molecule has 0 atom stereocenters. The predicted molar refractivity (Wildman–Crippen MR) is 125 cm³/mol. The second-order valence-corrected chi connectivity index (χ2v) is 8.07. The van der Waals surface area contributed by atoms with Gasteiger partial charge < -0.3 is 19.1 Å². The minimum absolute atomic E-state index is 0.0898. The second-order valence-electron chi connectivity index (χ2n) is 8.07. The lowest BCUT2D eigenvalue weighted by molar-refractivity contribution is -0.152. The average Bonchev–Trinajstić information content (AvgIpc) is 2.87. The summed E-state index contributed by atoms with van der Waals surface area (Å²) in [4.78, 5) is 43.4. The lowest BCUT2D eigenvalue weighted by Crippen LogP contribution is -2.38. The zero-order valence-electron chi connectivity index (χ0n) is 19.3. The van der Waals surface area contributed by atoms with Crippen molar-refractivity contribution in [3.05, 3.63) is 64.2 Å². The molecule has 0 saturated heterocycles. The van der Waals surface area contributed by atoms with Gasteiger partial charge in [0.15, 0.2) is 18.1 Å². The Labute approximate surface area is 196 Å². The monoisotopic (exact) mass is 465 g/mol. The number of aryl methyl sites for hydroxylation is 1. The van der Waals surface area contributed by atoms with E-state index in [4.69, 9.17) is 14.2 Å². The number of esters is 1. The minimum Gasteiger partial charge on any atom is -0.493 e. The van der Waals surface area contributed by atoms with E-state index in [2.05, 4.69) is 11.1 Å². The third-order valence-electron chi connectivity index (χ3n) is 5.95. The van der Waals surface area contributed by atoms with Gasteiger partial charge in [-0.1, -0.05) is 24.3 Å². The van der Waals surface area contributed by atoms with Crippen LogP contribution in [0.3, 0.4) is 0 Å². The van der Waals surface area contributed by atoms with E-state index in [0.29, 0.717) is 48.5 Å². The van der Waals surface area contributed by atoms with Crippen LogP contribution >= 0.6 is 0 Å². The first-order valence-corrected chi connectivity index (χ1v) is 11.1. The van der Waals surface area contributed by atoms with E-state index in [1.807, 2.05) is 18.2 Å². The summed E-state index contributed by atoms with van der Waals surface area (Å²) in [6, 6.07) is 11.3. The summed E-state index contributed by atoms with van der Waals surface area (Å²) in [6.45, 7) is 1.16. The number of methoxy groups -OCH3 is 2. The molecule has 1 amide bonds. The Morgan fingerprint density at radius 3 is 2.56 bits per heavy atom. The molecule has 0 spiro atoms. The van der Waals surface area contributed by atoms with E-state index in [1.54, 1.807) is 17.0 Å². The van der Waals surface area contributed by atoms with Crippen molar-refractivity contribution in [2.45, 2.75) is 32.4 Å². The number of fused-ring (bicyclic) bond motifs is 2. The van der Waals surface area contributed by atoms with Crippen molar-refractivity contribution in [2.75, 3.05) is 27.4 Å². The highest BCUT2D eigenvalue weighted by molar-refractivity contribution is 5.82. The fourth-order valence-corrected chi connectivity index (χ4v) is 4.05. The van der Waals surface area contributed by atoms with Crippen LogP contribution in [0.5, 0.6) is 11.5 Å². The number of amides is 1. The summed E-state index contributed by atoms with van der Waals surface area (Å²) < 4.78 is 17.1. The van der Waals surface area contributed by atoms with Crippen LogP contribution in [0, 0.1) is 0 Å². The van der Waals surface area contributed by atoms with Crippen LogP contribution < -0.4 is 15.0 Å². The Kier molecular flexibility index (Phi) is 7.10. The highest BCUT2D eigenvalue weighted by atomic mass is 16.5. The van der Waals surface area contributed by atoms with Gasteiger partial charge in [0.2, 0.25) is 0 Å². The fourth-order valence-electron chi connectivity index (χ4n) is 4.05. The molecule has 1 aromatic heterocycles. The molecule has 0 aliphatic carbocycles. The molecule has 0 N–H and O–H groups in total. The minimum atomic E-state index is -0.473. The molecule has 0 saturated carbocycles. The first-order chi connectivity index (χ1) is 16.5. The molecule has 1 aliphatic rings. The van der Waals surface area contributed by atoms with Gasteiger partial charge in [-0.25, -0.2) is 4.98 Å². The zero-order valence-corrected chi connectivity index (χ0v) is 19.3. The molecule has 9 heteroatoms. The lowest BCUT2D eigenvalue weighted by atomic mass is 10.00. The van der Waals surface area contributed by atoms with Crippen LogP contribution in [0.25, 0.3) is 10.9 Å². The molecule has 0 radical (unpaired) electrons. The summed E-state index contributed by atoms with van der Waals surface area (Å²) in [5.74, 6) is 0.254. The van der Waals surface area contributed by atoms with Crippen LogP contribution in [0.2, 0.25) is 0 Å².